The van der Waals surface area contributed by atoms with Gasteiger partial charge in [0.05, 0.1) is 18.1 Å². The number of H-pyrrole nitrogens is 1. The van der Waals surface area contributed by atoms with E-state index >= 15 is 0 Å². The zero-order chi connectivity index (χ0) is 20.0. The Morgan fingerprint density at radius 1 is 1.29 bits per heavy atom. The van der Waals surface area contributed by atoms with Crippen LogP contribution in [0.2, 0.25) is 0 Å². The molecular weight excluding hydrogens is 381 g/mol. The van der Waals surface area contributed by atoms with Crippen LogP contribution in [0.15, 0.2) is 29.4 Å². The first-order valence-corrected chi connectivity index (χ1v) is 11.5. The zero-order valence-electron chi connectivity index (χ0n) is 16.2. The number of rotatable bonds is 7. The fraction of sp³-hybridized carbons (Fsp3) is 0.526. The first-order valence-electron chi connectivity index (χ1n) is 9.67. The molecule has 2 aromatic rings. The SMILES string of the molecule is CCNC(=NCCN1CCS(=O)(=O)CC1)NCCc1c[nH]c2ccc(F)cc12. The Hall–Kier alpha value is -2.13. The molecule has 0 amide bonds. The molecule has 9 heteroatoms. The molecular formula is C19H28FN5O2S. The van der Waals surface area contributed by atoms with Crippen molar-refractivity contribution >= 4 is 26.7 Å². The van der Waals surface area contributed by atoms with Crippen LogP contribution in [-0.4, -0.2) is 75.0 Å². The van der Waals surface area contributed by atoms with Gasteiger partial charge in [-0.3, -0.25) is 9.89 Å². The Kier molecular flexibility index (Phi) is 6.90. The smallest absolute Gasteiger partial charge is 0.191 e. The summed E-state index contributed by atoms with van der Waals surface area (Å²) in [5.41, 5.74) is 1.99. The van der Waals surface area contributed by atoms with Crippen LogP contribution >= 0.6 is 0 Å². The Labute approximate surface area is 165 Å². The lowest BCUT2D eigenvalue weighted by atomic mass is 10.1. The molecule has 3 rings (SSSR count). The second kappa shape index (κ2) is 9.38. The van der Waals surface area contributed by atoms with Gasteiger partial charge in [0.25, 0.3) is 0 Å². The highest BCUT2D eigenvalue weighted by molar-refractivity contribution is 7.91. The number of aliphatic imine (C=N–C) groups is 1. The number of hydrogen-bond acceptors (Lipinski definition) is 4. The second-order valence-corrected chi connectivity index (χ2v) is 9.24. The summed E-state index contributed by atoms with van der Waals surface area (Å²) in [6.07, 6.45) is 2.66. The summed E-state index contributed by atoms with van der Waals surface area (Å²) < 4.78 is 36.4. The molecule has 7 nitrogen and oxygen atoms in total. The number of benzene rings is 1. The molecule has 154 valence electrons. The molecule has 0 aliphatic carbocycles. The standard InChI is InChI=1S/C19H28FN5O2S/c1-2-21-19(23-7-8-25-9-11-28(26,27)12-10-25)22-6-5-15-14-24-18-4-3-16(20)13-17(15)18/h3-4,13-14,24H,2,5-12H2,1H3,(H2,21,22,23). The van der Waals surface area contributed by atoms with Crippen molar-refractivity contribution in [3.63, 3.8) is 0 Å². The third-order valence-corrected chi connectivity index (χ3v) is 6.49. The second-order valence-electron chi connectivity index (χ2n) is 6.93. The number of aromatic nitrogens is 1. The molecule has 1 aromatic carbocycles. The Morgan fingerprint density at radius 2 is 2.07 bits per heavy atom. The van der Waals surface area contributed by atoms with E-state index in [4.69, 9.17) is 0 Å². The van der Waals surface area contributed by atoms with Crippen LogP contribution in [0.1, 0.15) is 12.5 Å². The number of fused-ring (bicyclic) bond motifs is 1. The lowest BCUT2D eigenvalue weighted by molar-refractivity contribution is 0.304. The number of halogens is 1. The first kappa shape index (κ1) is 20.6. The average molecular weight is 410 g/mol. The summed E-state index contributed by atoms with van der Waals surface area (Å²) in [5.74, 6) is 0.973. The third kappa shape index (κ3) is 5.68. The third-order valence-electron chi connectivity index (χ3n) is 4.88. The normalized spacial score (nSPS) is 17.7. The molecule has 1 aliphatic rings. The molecule has 1 aromatic heterocycles. The number of guanidine groups is 1. The number of hydrogen-bond donors (Lipinski definition) is 3. The van der Waals surface area contributed by atoms with E-state index in [1.54, 1.807) is 12.1 Å². The number of sulfone groups is 1. The zero-order valence-corrected chi connectivity index (χ0v) is 17.0. The largest absolute Gasteiger partial charge is 0.361 e. The molecule has 0 spiro atoms. The molecule has 1 fully saturated rings. The van der Waals surface area contributed by atoms with Gasteiger partial charge in [0.2, 0.25) is 0 Å². The Bertz CT molecular complexity index is 912. The fourth-order valence-corrected chi connectivity index (χ4v) is 4.57. The van der Waals surface area contributed by atoms with Gasteiger partial charge in [-0.25, -0.2) is 12.8 Å². The van der Waals surface area contributed by atoms with Gasteiger partial charge in [0.15, 0.2) is 15.8 Å². The van der Waals surface area contributed by atoms with Crippen molar-refractivity contribution in [3.05, 3.63) is 35.8 Å². The van der Waals surface area contributed by atoms with Crippen LogP contribution in [-0.2, 0) is 16.3 Å². The lowest BCUT2D eigenvalue weighted by Crippen LogP contribution is -2.42. The fourth-order valence-electron chi connectivity index (χ4n) is 3.29. The topological polar surface area (TPSA) is 89.6 Å². The van der Waals surface area contributed by atoms with E-state index in [1.165, 1.54) is 6.07 Å². The van der Waals surface area contributed by atoms with Crippen LogP contribution in [0.25, 0.3) is 10.9 Å². The van der Waals surface area contributed by atoms with E-state index in [0.717, 1.165) is 41.9 Å². The highest BCUT2D eigenvalue weighted by atomic mass is 32.2. The predicted molar refractivity (Wildman–Crippen MR) is 111 cm³/mol. The van der Waals surface area contributed by atoms with Gasteiger partial charge in [0, 0.05) is 49.8 Å². The highest BCUT2D eigenvalue weighted by Crippen LogP contribution is 2.19. The maximum absolute atomic E-state index is 13.5. The van der Waals surface area contributed by atoms with Gasteiger partial charge in [-0.15, -0.1) is 0 Å². The molecule has 0 bridgehead atoms. The number of aromatic amines is 1. The van der Waals surface area contributed by atoms with Crippen molar-refractivity contribution in [1.82, 2.24) is 20.5 Å². The Morgan fingerprint density at radius 3 is 2.82 bits per heavy atom. The van der Waals surface area contributed by atoms with Crippen LogP contribution in [0, 0.1) is 5.82 Å². The summed E-state index contributed by atoms with van der Waals surface area (Å²) in [6, 6.07) is 4.76. The van der Waals surface area contributed by atoms with E-state index in [1.807, 2.05) is 13.1 Å². The molecule has 3 N–H and O–H groups in total. The van der Waals surface area contributed by atoms with Gasteiger partial charge < -0.3 is 15.6 Å². The van der Waals surface area contributed by atoms with Crippen molar-refractivity contribution < 1.29 is 12.8 Å². The maximum atomic E-state index is 13.5. The van der Waals surface area contributed by atoms with Crippen molar-refractivity contribution in [2.45, 2.75) is 13.3 Å². The van der Waals surface area contributed by atoms with E-state index in [0.29, 0.717) is 26.2 Å². The average Bonchev–Trinajstić information content (AvgIpc) is 3.05. The molecule has 0 unspecified atom stereocenters. The molecule has 28 heavy (non-hydrogen) atoms. The summed E-state index contributed by atoms with van der Waals surface area (Å²) in [4.78, 5) is 9.87. The van der Waals surface area contributed by atoms with Crippen LogP contribution in [0.3, 0.4) is 0 Å². The van der Waals surface area contributed by atoms with Crippen molar-refractivity contribution in [1.29, 1.82) is 0 Å². The summed E-state index contributed by atoms with van der Waals surface area (Å²) in [5, 5.41) is 7.43. The minimum atomic E-state index is -2.85. The summed E-state index contributed by atoms with van der Waals surface area (Å²) in [7, 11) is -2.85. The van der Waals surface area contributed by atoms with Crippen molar-refractivity contribution in [2.75, 3.05) is 50.8 Å². The predicted octanol–water partition coefficient (Wildman–Crippen LogP) is 1.14. The molecule has 0 saturated carbocycles. The van der Waals surface area contributed by atoms with Gasteiger partial charge in [-0.05, 0) is 37.1 Å². The van der Waals surface area contributed by atoms with Crippen LogP contribution < -0.4 is 10.6 Å². The molecule has 2 heterocycles. The van der Waals surface area contributed by atoms with Gasteiger partial charge in [0.1, 0.15) is 5.82 Å². The number of nitrogens with zero attached hydrogens (tertiary/aromatic N) is 2. The lowest BCUT2D eigenvalue weighted by Gasteiger charge is -2.25. The van der Waals surface area contributed by atoms with Crippen molar-refractivity contribution in [2.24, 2.45) is 4.99 Å². The van der Waals surface area contributed by atoms with E-state index < -0.39 is 9.84 Å². The van der Waals surface area contributed by atoms with E-state index in [-0.39, 0.29) is 17.3 Å². The summed E-state index contributed by atoms with van der Waals surface area (Å²) in [6.45, 7) is 5.96. The maximum Gasteiger partial charge on any atom is 0.191 e. The molecule has 0 radical (unpaired) electrons. The molecule has 1 aliphatic heterocycles. The van der Waals surface area contributed by atoms with Gasteiger partial charge in [-0.2, -0.15) is 0 Å². The van der Waals surface area contributed by atoms with Crippen LogP contribution in [0.4, 0.5) is 4.39 Å². The van der Waals surface area contributed by atoms with Gasteiger partial charge in [-0.1, -0.05) is 0 Å². The number of nitrogens with one attached hydrogen (secondary N) is 3. The quantitative estimate of drug-likeness (QED) is 0.471. The Balaban J connectivity index is 1.48. The van der Waals surface area contributed by atoms with Crippen molar-refractivity contribution in [3.8, 4) is 0 Å². The van der Waals surface area contributed by atoms with Crippen LogP contribution in [0.5, 0.6) is 0 Å². The molecule has 1 saturated heterocycles. The minimum absolute atomic E-state index is 0.235. The first-order chi connectivity index (χ1) is 13.5. The molecule has 0 atom stereocenters. The van der Waals surface area contributed by atoms with Gasteiger partial charge >= 0.3 is 0 Å². The highest BCUT2D eigenvalue weighted by Gasteiger charge is 2.20. The van der Waals surface area contributed by atoms with E-state index in [9.17, 15) is 12.8 Å². The van der Waals surface area contributed by atoms with E-state index in [2.05, 4.69) is 25.5 Å². The summed E-state index contributed by atoms with van der Waals surface area (Å²) >= 11 is 0. The monoisotopic (exact) mass is 409 g/mol. The minimum Gasteiger partial charge on any atom is -0.361 e.